The van der Waals surface area contributed by atoms with E-state index in [0.29, 0.717) is 61.4 Å². The molecule has 4 saturated carbocycles. The first-order chi connectivity index (χ1) is 32.2. The molecule has 0 aromatic heterocycles. The molecule has 17 atom stereocenters. The van der Waals surface area contributed by atoms with Gasteiger partial charge in [-0.1, -0.05) is 110 Å². The van der Waals surface area contributed by atoms with Crippen LogP contribution in [0.25, 0.3) is 0 Å². The Labute approximate surface area is 427 Å². The van der Waals surface area contributed by atoms with Gasteiger partial charge >= 0.3 is 5.97 Å². The molecular weight excluding hydrogens is 893 g/mol. The number of carbonyl (C=O) groups excluding carboxylic acids is 5. The van der Waals surface area contributed by atoms with Crippen molar-refractivity contribution in [2.24, 2.45) is 84.7 Å². The van der Waals surface area contributed by atoms with E-state index in [4.69, 9.17) is 4.74 Å². The lowest BCUT2D eigenvalue weighted by Gasteiger charge is -2.60. The summed E-state index contributed by atoms with van der Waals surface area (Å²) in [6.07, 6.45) is 11.0. The van der Waals surface area contributed by atoms with Gasteiger partial charge in [0.05, 0.1) is 24.7 Å². The Balaban J connectivity index is 0.00000741. The van der Waals surface area contributed by atoms with Crippen molar-refractivity contribution in [2.75, 3.05) is 6.61 Å². The Hall–Kier alpha value is -2.79. The number of fused-ring (bicyclic) bond motifs is 9. The van der Waals surface area contributed by atoms with Gasteiger partial charge in [-0.2, -0.15) is 0 Å². The van der Waals surface area contributed by atoms with E-state index in [-0.39, 0.29) is 102 Å². The highest BCUT2D eigenvalue weighted by Crippen LogP contribution is 2.73. The number of ketones is 4. The zero-order valence-corrected chi connectivity index (χ0v) is 45.5. The summed E-state index contributed by atoms with van der Waals surface area (Å²) in [7, 11) is 0. The molecule has 0 bridgehead atoms. The molecule has 0 aliphatic heterocycles. The number of carbonyl (C=O) groups is 5. The predicted octanol–water partition coefficient (Wildman–Crippen LogP) is 10.8. The Morgan fingerprint density at radius 1 is 0.761 bits per heavy atom. The third-order valence-electron chi connectivity index (χ3n) is 23.5. The van der Waals surface area contributed by atoms with Crippen molar-refractivity contribution in [1.29, 1.82) is 0 Å². The summed E-state index contributed by atoms with van der Waals surface area (Å²) in [5.41, 5.74) is -1.04. The van der Waals surface area contributed by atoms with Crippen molar-refractivity contribution in [1.82, 2.24) is 0 Å². The van der Waals surface area contributed by atoms with Crippen LogP contribution in [0.15, 0.2) is 34.4 Å². The molecule has 4 N–H and O–H groups in total. The molecule has 0 spiro atoms. The van der Waals surface area contributed by atoms with E-state index in [9.17, 15) is 44.4 Å². The molecule has 8 aliphatic rings. The van der Waals surface area contributed by atoms with Gasteiger partial charge in [0.2, 0.25) is 0 Å². The van der Waals surface area contributed by atoms with Crippen LogP contribution in [-0.2, 0) is 28.7 Å². The average molecular weight is 987 g/mol. The summed E-state index contributed by atoms with van der Waals surface area (Å²) < 4.78 is 6.08. The first-order valence-corrected chi connectivity index (χ1v) is 27.4. The smallest absolute Gasteiger partial charge is 0.309 e. The van der Waals surface area contributed by atoms with Crippen molar-refractivity contribution in [2.45, 2.75) is 225 Å². The van der Waals surface area contributed by atoms with E-state index in [0.717, 1.165) is 32.1 Å². The minimum absolute atomic E-state index is 0. The monoisotopic (exact) mass is 987 g/mol. The maximum atomic E-state index is 14.5. The molecule has 0 amide bonds. The van der Waals surface area contributed by atoms with Crippen LogP contribution < -0.4 is 0 Å². The molecule has 0 heterocycles. The minimum Gasteiger partial charge on any atom is -0.459 e. The van der Waals surface area contributed by atoms with E-state index in [1.165, 1.54) is 18.1 Å². The van der Waals surface area contributed by atoms with Gasteiger partial charge in [-0.05, 0) is 145 Å². The minimum atomic E-state index is -1.69. The summed E-state index contributed by atoms with van der Waals surface area (Å²) in [6.45, 7) is 28.5. The molecule has 10 heteroatoms. The Bertz CT molecular complexity index is 2300. The second-order valence-corrected chi connectivity index (χ2v) is 27.8. The predicted molar refractivity (Wildman–Crippen MR) is 276 cm³/mol. The highest BCUT2D eigenvalue weighted by Gasteiger charge is 2.70. The first-order valence-electron chi connectivity index (χ1n) is 27.4. The number of esters is 1. The fourth-order valence-electron chi connectivity index (χ4n) is 18.3. The average Bonchev–Trinajstić information content (AvgIpc) is 3.67. The number of aliphatic hydroxyl groups is 4. The molecule has 0 saturated heterocycles. The highest BCUT2D eigenvalue weighted by atomic mass is 16.6. The van der Waals surface area contributed by atoms with Crippen molar-refractivity contribution in [3.05, 3.63) is 34.4 Å². The summed E-state index contributed by atoms with van der Waals surface area (Å²) in [4.78, 5) is 69.9. The standard InChI is InChI=1S/C60H90O10.CH4/c1-33(37-19-25-57(11)39-16-17-43-52(4,5)45(65)21-23-54(43,8)38(39)20-26-56(37,57)10)15-18-48(59(13,69)32-61)70-51(68)35(3)28-36(62)27-34(2)40-29-47(67)60(14)50-41(63)30-44-53(6,7)46(66)22-24-55(44,9)49(50)42(64)31-58(40,60)12;/h16,20,33-35,37,40,43-44,46-48,61,66-67,69H,15,17-19,21-32H2,1-14H3;1H4/t33-,34-,35+,37-,40-,43+,44+,46-,47-,48-,54-,55+,56-,57+,58-,59+,60+;/m1./s1. The highest BCUT2D eigenvalue weighted by molar-refractivity contribution is 6.11. The van der Waals surface area contributed by atoms with Gasteiger partial charge < -0.3 is 25.2 Å². The largest absolute Gasteiger partial charge is 0.459 e. The van der Waals surface area contributed by atoms with Crippen molar-refractivity contribution < 1.29 is 49.1 Å². The van der Waals surface area contributed by atoms with E-state index in [1.54, 1.807) is 6.92 Å². The normalized spacial score (nSPS) is 42.5. The van der Waals surface area contributed by atoms with Crippen LogP contribution in [0.5, 0.6) is 0 Å². The number of hydrogen-bond donors (Lipinski definition) is 4. The van der Waals surface area contributed by atoms with Crippen molar-refractivity contribution in [3.63, 3.8) is 0 Å². The van der Waals surface area contributed by atoms with Gasteiger partial charge in [0.25, 0.3) is 0 Å². The first kappa shape index (κ1) is 55.9. The van der Waals surface area contributed by atoms with E-state index in [1.807, 2.05) is 34.6 Å². The van der Waals surface area contributed by atoms with Gasteiger partial charge in [-0.15, -0.1) is 0 Å². The summed E-state index contributed by atoms with van der Waals surface area (Å²) in [5.74, 6) is -1.15. The number of allylic oxidation sites excluding steroid dienone is 5. The SMILES string of the molecule is C.C[C@H](CC[C@@H](OC(=O)[C@@H](C)CC(=O)C[C@@H](C)[C@H]1C[C@@H](O)[C@@]2(C)C3=C(C(=O)C[C@]12C)[C@@]1(C)CC[C@@H](O)C(C)(C)[C@@H]1CC3=O)[C@@](C)(O)CO)[C@H]1CC[C@@]2(C)C3=CC[C@H]4C(C)(C)C(=O)CC[C@]4(C)C3=CC[C@]12C. The fourth-order valence-corrected chi connectivity index (χ4v) is 18.3. The van der Waals surface area contributed by atoms with Crippen molar-refractivity contribution >= 4 is 29.1 Å². The third kappa shape index (κ3) is 7.98. The molecule has 4 fully saturated rings. The van der Waals surface area contributed by atoms with E-state index in [2.05, 4.69) is 60.6 Å². The quantitative estimate of drug-likeness (QED) is 0.130. The lowest BCUT2D eigenvalue weighted by Crippen LogP contribution is -2.60. The Morgan fingerprint density at radius 3 is 2.07 bits per heavy atom. The molecule has 8 rings (SSSR count). The Kier molecular flexibility index (Phi) is 14.3. The summed E-state index contributed by atoms with van der Waals surface area (Å²) in [6, 6.07) is 0. The Morgan fingerprint density at radius 2 is 1.42 bits per heavy atom. The van der Waals surface area contributed by atoms with Gasteiger partial charge in [0, 0.05) is 59.5 Å². The van der Waals surface area contributed by atoms with Gasteiger partial charge in [0.1, 0.15) is 23.3 Å². The molecule has 8 aliphatic carbocycles. The van der Waals surface area contributed by atoms with Crippen molar-refractivity contribution in [3.8, 4) is 0 Å². The second-order valence-electron chi connectivity index (χ2n) is 27.8. The molecule has 71 heavy (non-hydrogen) atoms. The number of hydrogen-bond acceptors (Lipinski definition) is 10. The second kappa shape index (κ2) is 18.2. The molecule has 398 valence electrons. The van der Waals surface area contributed by atoms with Crippen LogP contribution in [0.3, 0.4) is 0 Å². The summed E-state index contributed by atoms with van der Waals surface area (Å²) in [5, 5.41) is 44.9. The topological polar surface area (TPSA) is 176 Å². The van der Waals surface area contributed by atoms with Crippen LogP contribution in [0, 0.1) is 84.7 Å². The van der Waals surface area contributed by atoms with Crippen LogP contribution >= 0.6 is 0 Å². The van der Waals surface area contributed by atoms with E-state index < -0.39 is 64.1 Å². The molecule has 10 nitrogen and oxygen atoms in total. The molecule has 0 aromatic carbocycles. The fraction of sp³-hybridized carbons (Fsp3) is 0.820. The zero-order chi connectivity index (χ0) is 51.9. The van der Waals surface area contributed by atoms with Crippen LogP contribution in [0.1, 0.15) is 201 Å². The number of ether oxygens (including phenoxy) is 1. The lowest BCUT2D eigenvalue weighted by atomic mass is 9.42. The van der Waals surface area contributed by atoms with Gasteiger partial charge in [-0.25, -0.2) is 0 Å². The van der Waals surface area contributed by atoms with E-state index >= 15 is 0 Å². The number of Topliss-reactive ketones (excluding diaryl/α,β-unsaturated/α-hetero) is 4. The van der Waals surface area contributed by atoms with Gasteiger partial charge in [-0.3, -0.25) is 24.0 Å². The lowest BCUT2D eigenvalue weighted by molar-refractivity contribution is -0.174. The summed E-state index contributed by atoms with van der Waals surface area (Å²) >= 11 is 0. The number of aliphatic hydroxyl groups excluding tert-OH is 3. The molecule has 0 radical (unpaired) electrons. The zero-order valence-electron chi connectivity index (χ0n) is 45.5. The third-order valence-corrected chi connectivity index (χ3v) is 23.5. The molecule has 0 unspecified atom stereocenters. The van der Waals surface area contributed by atoms with Crippen LogP contribution in [0.2, 0.25) is 0 Å². The maximum absolute atomic E-state index is 14.5. The molecule has 0 aromatic rings. The van der Waals surface area contributed by atoms with Crippen LogP contribution in [-0.4, -0.2) is 80.0 Å². The van der Waals surface area contributed by atoms with Crippen LogP contribution in [0.4, 0.5) is 0 Å². The van der Waals surface area contributed by atoms with Gasteiger partial charge in [0.15, 0.2) is 11.6 Å². The maximum Gasteiger partial charge on any atom is 0.309 e. The molecular formula is C61H94O10. The number of rotatable bonds is 13.